The van der Waals surface area contributed by atoms with Gasteiger partial charge in [-0.1, -0.05) is 11.6 Å². The summed E-state index contributed by atoms with van der Waals surface area (Å²) in [4.78, 5) is 17.5. The van der Waals surface area contributed by atoms with E-state index in [9.17, 15) is 4.79 Å². The summed E-state index contributed by atoms with van der Waals surface area (Å²) in [6, 6.07) is 5.34. The van der Waals surface area contributed by atoms with Gasteiger partial charge in [-0.2, -0.15) is 0 Å². The molecule has 0 N–H and O–H groups in total. The number of halogens is 1. The lowest BCUT2D eigenvalue weighted by molar-refractivity contribution is -0.203. The molecule has 0 radical (unpaired) electrons. The highest BCUT2D eigenvalue weighted by Gasteiger charge is 2.25. The van der Waals surface area contributed by atoms with Crippen LogP contribution in [0.1, 0.15) is 25.3 Å². The van der Waals surface area contributed by atoms with Crippen molar-refractivity contribution in [3.05, 3.63) is 28.8 Å². The molecule has 0 bridgehead atoms. The molecule has 1 fully saturated rings. The van der Waals surface area contributed by atoms with Gasteiger partial charge in [0.05, 0.1) is 6.61 Å². The maximum Gasteiger partial charge on any atom is 0.286 e. The minimum atomic E-state index is -0.571. The Morgan fingerprint density at radius 2 is 2.26 bits per heavy atom. The monoisotopic (exact) mass is 283 g/mol. The summed E-state index contributed by atoms with van der Waals surface area (Å²) in [6.45, 7) is 4.86. The van der Waals surface area contributed by atoms with Crippen molar-refractivity contribution in [3.8, 4) is 5.75 Å². The first-order chi connectivity index (χ1) is 9.08. The Morgan fingerprint density at radius 3 is 2.89 bits per heavy atom. The molecule has 5 heteroatoms. The number of amides is 1. The maximum absolute atomic E-state index is 12.1. The molecule has 1 unspecified atom stereocenters. The van der Waals surface area contributed by atoms with E-state index >= 15 is 0 Å². The summed E-state index contributed by atoms with van der Waals surface area (Å²) in [5.74, 6) is 0.524. The normalized spacial score (nSPS) is 17.1. The lowest BCUT2D eigenvalue weighted by atomic mass is 10.2. The van der Waals surface area contributed by atoms with Gasteiger partial charge < -0.3 is 4.74 Å². The Labute approximate surface area is 118 Å². The van der Waals surface area contributed by atoms with Gasteiger partial charge in [-0.15, -0.1) is 0 Å². The fourth-order valence-corrected chi connectivity index (χ4v) is 2.19. The molecule has 0 aliphatic carbocycles. The number of aryl methyl sites for hydroxylation is 1. The topological polar surface area (TPSA) is 38.8 Å². The number of nitrogens with zero attached hydrogens (tertiary/aromatic N) is 1. The van der Waals surface area contributed by atoms with E-state index in [1.807, 2.05) is 13.0 Å². The summed E-state index contributed by atoms with van der Waals surface area (Å²) in [5, 5.41) is 2.06. The van der Waals surface area contributed by atoms with E-state index in [2.05, 4.69) is 0 Å². The largest absolute Gasteiger partial charge is 0.481 e. The zero-order chi connectivity index (χ0) is 13.8. The third-order valence-corrected chi connectivity index (χ3v) is 3.27. The highest BCUT2D eigenvalue weighted by atomic mass is 35.5. The fraction of sp³-hybridized carbons (Fsp3) is 0.500. The van der Waals surface area contributed by atoms with E-state index in [-0.39, 0.29) is 5.91 Å². The predicted octanol–water partition coefficient (Wildman–Crippen LogP) is 2.97. The summed E-state index contributed by atoms with van der Waals surface area (Å²) >= 11 is 5.89. The molecule has 1 aromatic rings. The van der Waals surface area contributed by atoms with Crippen LogP contribution >= 0.6 is 11.6 Å². The van der Waals surface area contributed by atoms with Crippen LogP contribution in [0.4, 0.5) is 0 Å². The quantitative estimate of drug-likeness (QED) is 0.856. The van der Waals surface area contributed by atoms with Crippen molar-refractivity contribution in [2.45, 2.75) is 32.8 Å². The summed E-state index contributed by atoms with van der Waals surface area (Å²) in [6.07, 6.45) is 1.39. The van der Waals surface area contributed by atoms with Crippen LogP contribution < -0.4 is 4.74 Å². The van der Waals surface area contributed by atoms with Gasteiger partial charge in [-0.3, -0.25) is 9.63 Å². The average molecular weight is 284 g/mol. The molecule has 1 saturated heterocycles. The summed E-state index contributed by atoms with van der Waals surface area (Å²) in [7, 11) is 0. The van der Waals surface area contributed by atoms with Crippen LogP contribution in [0.3, 0.4) is 0 Å². The first-order valence-electron chi connectivity index (χ1n) is 6.45. The molecule has 0 saturated carbocycles. The fourth-order valence-electron chi connectivity index (χ4n) is 1.96. The van der Waals surface area contributed by atoms with Crippen LogP contribution in [0.25, 0.3) is 0 Å². The minimum Gasteiger partial charge on any atom is -0.481 e. The average Bonchev–Trinajstić information content (AvgIpc) is 2.42. The smallest absolute Gasteiger partial charge is 0.286 e. The summed E-state index contributed by atoms with van der Waals surface area (Å²) < 4.78 is 5.69. The van der Waals surface area contributed by atoms with Crippen molar-refractivity contribution in [2.24, 2.45) is 0 Å². The molecule has 19 heavy (non-hydrogen) atoms. The van der Waals surface area contributed by atoms with Crippen molar-refractivity contribution in [3.63, 3.8) is 0 Å². The van der Waals surface area contributed by atoms with Crippen LogP contribution in [0.5, 0.6) is 5.75 Å². The van der Waals surface area contributed by atoms with Crippen molar-refractivity contribution < 1.29 is 14.4 Å². The van der Waals surface area contributed by atoms with Crippen molar-refractivity contribution in [1.82, 2.24) is 5.06 Å². The molecule has 1 atom stereocenters. The number of carbonyl (C=O) groups is 1. The molecule has 1 aliphatic heterocycles. The van der Waals surface area contributed by atoms with E-state index in [4.69, 9.17) is 21.2 Å². The molecule has 1 heterocycles. The van der Waals surface area contributed by atoms with Crippen LogP contribution in [0.15, 0.2) is 18.2 Å². The van der Waals surface area contributed by atoms with Gasteiger partial charge in [0.1, 0.15) is 5.75 Å². The number of ether oxygens (including phenoxy) is 1. The Kier molecular flexibility index (Phi) is 4.66. The SMILES string of the molecule is Cc1cc(Cl)ccc1OC(C)C(=O)N1CCCCO1. The van der Waals surface area contributed by atoms with E-state index < -0.39 is 6.10 Å². The van der Waals surface area contributed by atoms with Gasteiger partial charge in [0, 0.05) is 11.6 Å². The molecule has 4 nitrogen and oxygen atoms in total. The van der Waals surface area contributed by atoms with E-state index in [0.29, 0.717) is 23.9 Å². The van der Waals surface area contributed by atoms with Gasteiger partial charge in [0.2, 0.25) is 0 Å². The second-order valence-corrected chi connectivity index (χ2v) is 5.09. The van der Waals surface area contributed by atoms with Gasteiger partial charge in [0.25, 0.3) is 5.91 Å². The molecule has 0 aromatic heterocycles. The van der Waals surface area contributed by atoms with Crippen LogP contribution in [-0.2, 0) is 9.63 Å². The molecule has 1 aliphatic rings. The van der Waals surface area contributed by atoms with Crippen molar-refractivity contribution in [1.29, 1.82) is 0 Å². The van der Waals surface area contributed by atoms with Crippen molar-refractivity contribution in [2.75, 3.05) is 13.2 Å². The van der Waals surface area contributed by atoms with Gasteiger partial charge in [0.15, 0.2) is 6.10 Å². The van der Waals surface area contributed by atoms with E-state index in [1.165, 1.54) is 5.06 Å². The number of benzene rings is 1. The van der Waals surface area contributed by atoms with Crippen LogP contribution in [0.2, 0.25) is 5.02 Å². The minimum absolute atomic E-state index is 0.144. The number of hydrogen-bond acceptors (Lipinski definition) is 3. The highest BCUT2D eigenvalue weighted by Crippen LogP contribution is 2.23. The van der Waals surface area contributed by atoms with E-state index in [1.54, 1.807) is 19.1 Å². The Bertz CT molecular complexity index is 458. The number of hydrogen-bond donors (Lipinski definition) is 0. The maximum atomic E-state index is 12.1. The standard InChI is InChI=1S/C14H18ClNO3/c1-10-9-12(15)5-6-13(10)19-11(2)14(17)16-7-3-4-8-18-16/h5-6,9,11H,3-4,7-8H2,1-2H3. The number of carbonyl (C=O) groups excluding carboxylic acids is 1. The first kappa shape index (κ1) is 14.2. The molecular formula is C14H18ClNO3. The Balaban J connectivity index is 1.99. The third-order valence-electron chi connectivity index (χ3n) is 3.04. The Hall–Kier alpha value is -1.26. The first-order valence-corrected chi connectivity index (χ1v) is 6.83. The molecule has 2 rings (SSSR count). The Morgan fingerprint density at radius 1 is 1.47 bits per heavy atom. The molecule has 104 valence electrons. The molecule has 1 aromatic carbocycles. The molecular weight excluding hydrogens is 266 g/mol. The number of hydroxylamine groups is 2. The van der Waals surface area contributed by atoms with Gasteiger partial charge in [-0.05, 0) is 50.5 Å². The summed E-state index contributed by atoms with van der Waals surface area (Å²) in [5.41, 5.74) is 0.909. The van der Waals surface area contributed by atoms with Gasteiger partial charge in [-0.25, -0.2) is 5.06 Å². The van der Waals surface area contributed by atoms with Crippen molar-refractivity contribution >= 4 is 17.5 Å². The zero-order valence-electron chi connectivity index (χ0n) is 11.2. The second-order valence-electron chi connectivity index (χ2n) is 4.65. The molecule has 0 spiro atoms. The highest BCUT2D eigenvalue weighted by molar-refractivity contribution is 6.30. The van der Waals surface area contributed by atoms with Crippen LogP contribution in [0, 0.1) is 6.92 Å². The zero-order valence-corrected chi connectivity index (χ0v) is 11.9. The lowest BCUT2D eigenvalue weighted by Crippen LogP contribution is -2.43. The van der Waals surface area contributed by atoms with E-state index in [0.717, 1.165) is 18.4 Å². The molecule has 1 amide bonds. The third kappa shape index (κ3) is 3.61. The number of rotatable bonds is 3. The predicted molar refractivity (Wildman–Crippen MR) is 73.2 cm³/mol. The second kappa shape index (κ2) is 6.26. The van der Waals surface area contributed by atoms with Gasteiger partial charge >= 0.3 is 0 Å². The lowest BCUT2D eigenvalue weighted by Gasteiger charge is -2.28. The van der Waals surface area contributed by atoms with Crippen LogP contribution in [-0.4, -0.2) is 30.2 Å².